The van der Waals surface area contributed by atoms with Gasteiger partial charge >= 0.3 is 0 Å². The number of amides is 1. The number of nitrogens with two attached hydrogens (primary N) is 2. The van der Waals surface area contributed by atoms with Crippen molar-refractivity contribution in [1.29, 1.82) is 0 Å². The Labute approximate surface area is 104 Å². The van der Waals surface area contributed by atoms with E-state index < -0.39 is 5.91 Å². The number of rotatable bonds is 4. The Balaban J connectivity index is 3.12. The smallest absolute Gasteiger partial charge is 0.236 e. The number of hydrogen-bond acceptors (Lipinski definition) is 3. The van der Waals surface area contributed by atoms with Gasteiger partial charge in [0.2, 0.25) is 5.91 Å². The molecule has 0 bridgehead atoms. The summed E-state index contributed by atoms with van der Waals surface area (Å²) in [5.74, 6) is -0.425. The van der Waals surface area contributed by atoms with E-state index in [0.29, 0.717) is 10.6 Å². The summed E-state index contributed by atoms with van der Waals surface area (Å²) in [6, 6.07) is 5.12. The van der Waals surface area contributed by atoms with E-state index >= 15 is 0 Å². The van der Waals surface area contributed by atoms with Crippen molar-refractivity contribution in [3.05, 3.63) is 28.8 Å². The first-order valence-corrected chi connectivity index (χ1v) is 5.29. The molecule has 86 valence electrons. The maximum absolute atomic E-state index is 10.8. The monoisotopic (exact) mass is 257 g/mol. The molecule has 4 N–H and O–H groups in total. The Bertz CT molecular complexity index is 436. The number of primary amides is 1. The van der Waals surface area contributed by atoms with Gasteiger partial charge in [0.25, 0.3) is 0 Å². The Hall–Kier alpha value is -1.33. The average molecular weight is 258 g/mol. The maximum Gasteiger partial charge on any atom is 0.236 e. The van der Waals surface area contributed by atoms with Gasteiger partial charge in [0.1, 0.15) is 4.99 Å². The van der Waals surface area contributed by atoms with E-state index in [0.717, 1.165) is 5.69 Å². The highest BCUT2D eigenvalue weighted by atomic mass is 35.5. The number of thiocarbonyl (C=S) groups is 1. The SMILES string of the molecule is CN(CC(N)=O)c1ccc(Cl)cc1C(N)=S. The van der Waals surface area contributed by atoms with E-state index in [1.807, 2.05) is 0 Å². The van der Waals surface area contributed by atoms with Gasteiger partial charge in [0.05, 0.1) is 6.54 Å². The summed E-state index contributed by atoms with van der Waals surface area (Å²) in [5.41, 5.74) is 12.1. The fraction of sp³-hybridized carbons (Fsp3) is 0.200. The molecule has 0 saturated heterocycles. The molecule has 1 aromatic rings. The lowest BCUT2D eigenvalue weighted by Crippen LogP contribution is -2.31. The minimum absolute atomic E-state index is 0.0945. The van der Waals surface area contributed by atoms with Crippen LogP contribution in [0.4, 0.5) is 5.69 Å². The highest BCUT2D eigenvalue weighted by molar-refractivity contribution is 7.80. The molecule has 0 spiro atoms. The molecule has 0 fully saturated rings. The van der Waals surface area contributed by atoms with Gasteiger partial charge < -0.3 is 16.4 Å². The fourth-order valence-electron chi connectivity index (χ4n) is 1.36. The van der Waals surface area contributed by atoms with E-state index in [2.05, 4.69) is 0 Å². The van der Waals surface area contributed by atoms with Crippen LogP contribution in [0.3, 0.4) is 0 Å². The molecule has 6 heteroatoms. The van der Waals surface area contributed by atoms with Crippen LogP contribution in [0, 0.1) is 0 Å². The number of halogens is 1. The van der Waals surface area contributed by atoms with Crippen LogP contribution in [0.15, 0.2) is 18.2 Å². The highest BCUT2D eigenvalue weighted by Crippen LogP contribution is 2.23. The van der Waals surface area contributed by atoms with Crippen LogP contribution in [0.2, 0.25) is 5.02 Å². The van der Waals surface area contributed by atoms with Crippen molar-refractivity contribution in [1.82, 2.24) is 0 Å². The number of benzene rings is 1. The molecule has 0 aromatic heterocycles. The molecule has 0 aliphatic rings. The number of anilines is 1. The first-order valence-electron chi connectivity index (χ1n) is 4.50. The van der Waals surface area contributed by atoms with Crippen LogP contribution in [0.5, 0.6) is 0 Å². The van der Waals surface area contributed by atoms with Gasteiger partial charge in [0, 0.05) is 23.3 Å². The lowest BCUT2D eigenvalue weighted by Gasteiger charge is -2.20. The van der Waals surface area contributed by atoms with E-state index in [1.165, 1.54) is 0 Å². The van der Waals surface area contributed by atoms with Gasteiger partial charge in [-0.1, -0.05) is 23.8 Å². The molecule has 0 atom stereocenters. The maximum atomic E-state index is 10.8. The van der Waals surface area contributed by atoms with Crippen LogP contribution in [-0.4, -0.2) is 24.5 Å². The van der Waals surface area contributed by atoms with E-state index in [1.54, 1.807) is 30.1 Å². The molecule has 1 aromatic carbocycles. The third-order valence-corrected chi connectivity index (χ3v) is 2.48. The summed E-state index contributed by atoms with van der Waals surface area (Å²) < 4.78 is 0. The first-order chi connectivity index (χ1) is 7.41. The number of likely N-dealkylation sites (N-methyl/N-ethyl adjacent to an activating group) is 1. The Morgan fingerprint density at radius 1 is 1.50 bits per heavy atom. The van der Waals surface area contributed by atoms with Crippen molar-refractivity contribution >= 4 is 40.4 Å². The average Bonchev–Trinajstić information content (AvgIpc) is 2.16. The summed E-state index contributed by atoms with van der Waals surface area (Å²) >= 11 is 10.8. The topological polar surface area (TPSA) is 72.3 Å². The molecular weight excluding hydrogens is 246 g/mol. The zero-order chi connectivity index (χ0) is 12.3. The number of carbonyl (C=O) groups excluding carboxylic acids is 1. The van der Waals surface area contributed by atoms with Gasteiger partial charge in [-0.25, -0.2) is 0 Å². The third-order valence-electron chi connectivity index (χ3n) is 2.03. The number of carbonyl (C=O) groups is 1. The molecule has 0 unspecified atom stereocenters. The van der Waals surface area contributed by atoms with Gasteiger partial charge in [-0.2, -0.15) is 0 Å². The number of hydrogen-bond donors (Lipinski definition) is 2. The molecule has 0 aliphatic heterocycles. The quantitative estimate of drug-likeness (QED) is 0.786. The molecular formula is C10H12ClN3OS. The largest absolute Gasteiger partial charge is 0.389 e. The fourth-order valence-corrected chi connectivity index (χ4v) is 1.69. The van der Waals surface area contributed by atoms with Crippen LogP contribution in [0.25, 0.3) is 0 Å². The summed E-state index contributed by atoms with van der Waals surface area (Å²) in [6.07, 6.45) is 0. The number of nitrogens with zero attached hydrogens (tertiary/aromatic N) is 1. The van der Waals surface area contributed by atoms with E-state index in [9.17, 15) is 4.79 Å². The Morgan fingerprint density at radius 3 is 2.62 bits per heavy atom. The predicted octanol–water partition coefficient (Wildman–Crippen LogP) is 0.896. The molecule has 0 radical (unpaired) electrons. The molecule has 4 nitrogen and oxygen atoms in total. The summed E-state index contributed by atoms with van der Waals surface area (Å²) in [4.78, 5) is 12.7. The van der Waals surface area contributed by atoms with Crippen LogP contribution < -0.4 is 16.4 Å². The third kappa shape index (κ3) is 3.08. The summed E-state index contributed by atoms with van der Waals surface area (Å²) in [5, 5.41) is 0.541. The molecule has 0 heterocycles. The van der Waals surface area contributed by atoms with Crippen molar-refractivity contribution in [3.8, 4) is 0 Å². The van der Waals surface area contributed by atoms with Gasteiger partial charge in [-0.3, -0.25) is 4.79 Å². The summed E-state index contributed by atoms with van der Waals surface area (Å²) in [6.45, 7) is 0.0945. The zero-order valence-corrected chi connectivity index (χ0v) is 10.3. The molecule has 16 heavy (non-hydrogen) atoms. The van der Waals surface area contributed by atoms with Crippen LogP contribution >= 0.6 is 23.8 Å². The standard InChI is InChI=1S/C10H12ClN3OS/c1-14(5-9(12)15)8-3-2-6(11)4-7(8)10(13)16/h2-4H,5H2,1H3,(H2,12,15)(H2,13,16). The van der Waals surface area contributed by atoms with Crippen molar-refractivity contribution in [2.45, 2.75) is 0 Å². The Morgan fingerprint density at radius 2 is 2.12 bits per heavy atom. The second kappa shape index (κ2) is 5.14. The molecule has 0 aliphatic carbocycles. The van der Waals surface area contributed by atoms with Crippen molar-refractivity contribution < 1.29 is 4.79 Å². The van der Waals surface area contributed by atoms with E-state index in [4.69, 9.17) is 35.3 Å². The summed E-state index contributed by atoms with van der Waals surface area (Å²) in [7, 11) is 1.73. The normalized spacial score (nSPS) is 9.88. The van der Waals surface area contributed by atoms with Crippen LogP contribution in [-0.2, 0) is 4.79 Å². The van der Waals surface area contributed by atoms with Crippen molar-refractivity contribution in [3.63, 3.8) is 0 Å². The predicted molar refractivity (Wildman–Crippen MR) is 69.8 cm³/mol. The van der Waals surface area contributed by atoms with Gasteiger partial charge in [-0.05, 0) is 18.2 Å². The highest BCUT2D eigenvalue weighted by Gasteiger charge is 2.11. The zero-order valence-electron chi connectivity index (χ0n) is 8.74. The second-order valence-corrected chi connectivity index (χ2v) is 4.22. The van der Waals surface area contributed by atoms with Gasteiger partial charge in [-0.15, -0.1) is 0 Å². The van der Waals surface area contributed by atoms with Crippen molar-refractivity contribution in [2.24, 2.45) is 11.5 Å². The minimum atomic E-state index is -0.425. The van der Waals surface area contributed by atoms with Crippen LogP contribution in [0.1, 0.15) is 5.56 Å². The second-order valence-electron chi connectivity index (χ2n) is 3.35. The first kappa shape index (κ1) is 12.7. The Kier molecular flexibility index (Phi) is 4.09. The molecule has 1 rings (SSSR count). The van der Waals surface area contributed by atoms with Gasteiger partial charge in [0.15, 0.2) is 0 Å². The molecule has 0 saturated carbocycles. The molecule has 1 amide bonds. The lowest BCUT2D eigenvalue weighted by molar-refractivity contribution is -0.116. The lowest BCUT2D eigenvalue weighted by atomic mass is 10.1. The van der Waals surface area contributed by atoms with E-state index in [-0.39, 0.29) is 11.5 Å². The minimum Gasteiger partial charge on any atom is -0.389 e. The van der Waals surface area contributed by atoms with Crippen molar-refractivity contribution in [2.75, 3.05) is 18.5 Å².